The summed E-state index contributed by atoms with van der Waals surface area (Å²) in [5, 5.41) is 4.56. The fraction of sp³-hybridized carbons (Fsp3) is 0.500. The summed E-state index contributed by atoms with van der Waals surface area (Å²) in [4.78, 5) is 15.1. The number of carbonyl (C=O) groups is 1. The van der Waals surface area contributed by atoms with E-state index >= 15 is 0 Å². The Morgan fingerprint density at radius 3 is 2.83 bits per heavy atom. The van der Waals surface area contributed by atoms with Gasteiger partial charge in [0, 0.05) is 30.7 Å². The highest BCUT2D eigenvalue weighted by Gasteiger charge is 2.34. The number of hydrogen-bond donors (Lipinski definition) is 1. The quantitative estimate of drug-likeness (QED) is 0.929. The Morgan fingerprint density at radius 1 is 1.35 bits per heavy atom. The first-order chi connectivity index (χ1) is 10.6. The van der Waals surface area contributed by atoms with Gasteiger partial charge < -0.3 is 9.47 Å². The van der Waals surface area contributed by atoms with Crippen LogP contribution >= 0.6 is 12.4 Å². The van der Waals surface area contributed by atoms with Crippen LogP contribution in [-0.2, 0) is 7.05 Å². The minimum atomic E-state index is 0. The first-order valence-electron chi connectivity index (χ1n) is 8.20. The largest absolute Gasteiger partial charge is 0.350 e. The molecule has 1 amide bonds. The van der Waals surface area contributed by atoms with E-state index in [4.69, 9.17) is 0 Å². The van der Waals surface area contributed by atoms with Crippen molar-refractivity contribution in [2.75, 3.05) is 13.1 Å². The first-order valence-corrected chi connectivity index (χ1v) is 8.20. The lowest BCUT2D eigenvalue weighted by Gasteiger charge is -2.25. The standard InChI is InChI=1S/C18H25N3O.ClH/c1-4-9-19-17-10-13(2)11-21(17)18(22)15-12-20(3)16-8-6-5-7-14(15)16;/h5-8,12-13,17,19H,4,9-11H2,1-3H3;1H. The number of amides is 1. The molecule has 0 aliphatic carbocycles. The van der Waals surface area contributed by atoms with Crippen LogP contribution in [0.5, 0.6) is 0 Å². The van der Waals surface area contributed by atoms with E-state index in [2.05, 4.69) is 25.2 Å². The van der Waals surface area contributed by atoms with E-state index in [1.165, 1.54) is 0 Å². The molecule has 0 spiro atoms. The number of aryl methyl sites for hydroxylation is 1. The van der Waals surface area contributed by atoms with E-state index < -0.39 is 0 Å². The van der Waals surface area contributed by atoms with Crippen molar-refractivity contribution in [3.8, 4) is 0 Å². The van der Waals surface area contributed by atoms with E-state index in [0.29, 0.717) is 5.92 Å². The van der Waals surface area contributed by atoms with Crippen molar-refractivity contribution >= 4 is 29.2 Å². The van der Waals surface area contributed by atoms with Gasteiger partial charge in [-0.1, -0.05) is 32.0 Å². The summed E-state index contributed by atoms with van der Waals surface area (Å²) in [5.41, 5.74) is 1.92. The summed E-state index contributed by atoms with van der Waals surface area (Å²) in [5.74, 6) is 0.697. The number of benzene rings is 1. The van der Waals surface area contributed by atoms with Gasteiger partial charge in [0.25, 0.3) is 5.91 Å². The molecule has 1 aromatic carbocycles. The Balaban J connectivity index is 0.00000192. The number of para-hydroxylation sites is 1. The highest BCUT2D eigenvalue weighted by Crippen LogP contribution is 2.27. The summed E-state index contributed by atoms with van der Waals surface area (Å²) in [6.07, 6.45) is 4.26. The van der Waals surface area contributed by atoms with E-state index in [-0.39, 0.29) is 24.5 Å². The zero-order valence-electron chi connectivity index (χ0n) is 14.1. The number of carbonyl (C=O) groups excluding carboxylic acids is 1. The second-order valence-corrected chi connectivity index (χ2v) is 6.44. The Labute approximate surface area is 144 Å². The predicted molar refractivity (Wildman–Crippen MR) is 97.1 cm³/mol. The molecule has 1 saturated heterocycles. The second kappa shape index (κ2) is 7.37. The van der Waals surface area contributed by atoms with Crippen molar-refractivity contribution in [1.29, 1.82) is 0 Å². The van der Waals surface area contributed by atoms with E-state index in [1.807, 2.05) is 40.9 Å². The van der Waals surface area contributed by atoms with Gasteiger partial charge in [-0.2, -0.15) is 0 Å². The molecule has 1 aliphatic heterocycles. The average Bonchev–Trinajstić information content (AvgIpc) is 3.06. The van der Waals surface area contributed by atoms with Crippen LogP contribution in [-0.4, -0.2) is 34.6 Å². The molecule has 0 radical (unpaired) electrons. The van der Waals surface area contributed by atoms with Crippen molar-refractivity contribution in [2.45, 2.75) is 32.9 Å². The van der Waals surface area contributed by atoms with E-state index in [0.717, 1.165) is 42.4 Å². The number of halogens is 1. The van der Waals surface area contributed by atoms with Crippen LogP contribution in [0, 0.1) is 5.92 Å². The minimum Gasteiger partial charge on any atom is -0.350 e. The third kappa shape index (κ3) is 3.38. The van der Waals surface area contributed by atoms with Gasteiger partial charge in [-0.25, -0.2) is 0 Å². The van der Waals surface area contributed by atoms with Crippen LogP contribution in [0.1, 0.15) is 37.0 Å². The molecule has 126 valence electrons. The molecule has 0 saturated carbocycles. The molecule has 5 heteroatoms. The van der Waals surface area contributed by atoms with Gasteiger partial charge in [-0.3, -0.25) is 10.1 Å². The van der Waals surface area contributed by atoms with Crippen LogP contribution in [0.2, 0.25) is 0 Å². The molecule has 0 bridgehead atoms. The normalized spacial score (nSPS) is 20.7. The number of nitrogens with zero attached hydrogens (tertiary/aromatic N) is 2. The molecule has 23 heavy (non-hydrogen) atoms. The fourth-order valence-corrected chi connectivity index (χ4v) is 3.44. The molecule has 1 fully saturated rings. The maximum atomic E-state index is 13.1. The zero-order valence-corrected chi connectivity index (χ0v) is 14.9. The first kappa shape index (κ1) is 17.8. The van der Waals surface area contributed by atoms with Gasteiger partial charge in [-0.15, -0.1) is 12.4 Å². The lowest BCUT2D eigenvalue weighted by Crippen LogP contribution is -2.44. The van der Waals surface area contributed by atoms with E-state index in [1.54, 1.807) is 0 Å². The summed E-state index contributed by atoms with van der Waals surface area (Å²) < 4.78 is 2.04. The lowest BCUT2D eigenvalue weighted by molar-refractivity contribution is 0.0710. The van der Waals surface area contributed by atoms with Crippen molar-refractivity contribution in [1.82, 2.24) is 14.8 Å². The molecular formula is C18H26ClN3O. The van der Waals surface area contributed by atoms with Gasteiger partial charge in [0.1, 0.15) is 0 Å². The minimum absolute atomic E-state index is 0. The van der Waals surface area contributed by atoms with Crippen molar-refractivity contribution < 1.29 is 4.79 Å². The van der Waals surface area contributed by atoms with Crippen LogP contribution in [0.25, 0.3) is 10.9 Å². The number of hydrogen-bond acceptors (Lipinski definition) is 2. The van der Waals surface area contributed by atoms with Gasteiger partial charge in [-0.05, 0) is 31.4 Å². The van der Waals surface area contributed by atoms with Crippen molar-refractivity contribution in [3.05, 3.63) is 36.0 Å². The van der Waals surface area contributed by atoms with Gasteiger partial charge >= 0.3 is 0 Å². The lowest BCUT2D eigenvalue weighted by atomic mass is 10.1. The molecule has 2 atom stereocenters. The van der Waals surface area contributed by atoms with Gasteiger partial charge in [0.2, 0.25) is 0 Å². The Hall–Kier alpha value is -1.52. The average molecular weight is 336 g/mol. The maximum Gasteiger partial charge on any atom is 0.257 e. The molecule has 2 unspecified atom stereocenters. The molecule has 2 aromatic rings. The zero-order chi connectivity index (χ0) is 15.7. The molecule has 3 rings (SSSR count). The molecule has 1 aromatic heterocycles. The fourth-order valence-electron chi connectivity index (χ4n) is 3.44. The third-order valence-electron chi connectivity index (χ3n) is 4.53. The van der Waals surface area contributed by atoms with E-state index in [9.17, 15) is 4.79 Å². The summed E-state index contributed by atoms with van der Waals surface area (Å²) in [6, 6.07) is 8.11. The van der Waals surface area contributed by atoms with Crippen LogP contribution in [0.15, 0.2) is 30.5 Å². The number of nitrogens with one attached hydrogen (secondary N) is 1. The predicted octanol–water partition coefficient (Wildman–Crippen LogP) is 3.41. The van der Waals surface area contributed by atoms with Crippen LogP contribution < -0.4 is 5.32 Å². The van der Waals surface area contributed by atoms with Gasteiger partial charge in [0.05, 0.1) is 11.7 Å². The van der Waals surface area contributed by atoms with Crippen molar-refractivity contribution in [2.24, 2.45) is 13.0 Å². The number of fused-ring (bicyclic) bond motifs is 1. The van der Waals surface area contributed by atoms with Crippen molar-refractivity contribution in [3.63, 3.8) is 0 Å². The molecule has 1 aliphatic rings. The summed E-state index contributed by atoms with van der Waals surface area (Å²) in [7, 11) is 2.00. The SMILES string of the molecule is CCCNC1CC(C)CN1C(=O)c1cn(C)c2ccccc12.Cl. The monoisotopic (exact) mass is 335 g/mol. The highest BCUT2D eigenvalue weighted by molar-refractivity contribution is 6.07. The number of rotatable bonds is 4. The van der Waals surface area contributed by atoms with Gasteiger partial charge in [0.15, 0.2) is 0 Å². The number of likely N-dealkylation sites (tertiary alicyclic amines) is 1. The molecule has 1 N–H and O–H groups in total. The summed E-state index contributed by atoms with van der Waals surface area (Å²) in [6.45, 7) is 6.17. The smallest absolute Gasteiger partial charge is 0.257 e. The molecule has 4 nitrogen and oxygen atoms in total. The Kier molecular flexibility index (Phi) is 5.71. The van der Waals surface area contributed by atoms with Crippen LogP contribution in [0.3, 0.4) is 0 Å². The third-order valence-corrected chi connectivity index (χ3v) is 4.53. The molecule has 2 heterocycles. The Bertz CT molecular complexity index is 682. The second-order valence-electron chi connectivity index (χ2n) is 6.44. The Morgan fingerprint density at radius 2 is 2.09 bits per heavy atom. The topological polar surface area (TPSA) is 37.3 Å². The number of aromatic nitrogens is 1. The van der Waals surface area contributed by atoms with Crippen LogP contribution in [0.4, 0.5) is 0 Å². The highest BCUT2D eigenvalue weighted by atomic mass is 35.5. The maximum absolute atomic E-state index is 13.1. The summed E-state index contributed by atoms with van der Waals surface area (Å²) >= 11 is 0. The molecular weight excluding hydrogens is 310 g/mol.